The van der Waals surface area contributed by atoms with Crippen LogP contribution in [-0.4, -0.2) is 27.0 Å². The van der Waals surface area contributed by atoms with Crippen molar-refractivity contribution < 1.29 is 9.90 Å². The largest absolute Gasteiger partial charge is 0.370 e. The first-order valence-corrected chi connectivity index (χ1v) is 7.00. The zero-order chi connectivity index (χ0) is 13.5. The zero-order valence-corrected chi connectivity index (χ0v) is 12.4. The van der Waals surface area contributed by atoms with Crippen LogP contribution in [-0.2, 0) is 4.79 Å². The standard InChI is InChI=1S/C11H20Cl3NO2/c1-3-4-5-6-7-9(16)15-10(17)11(13,14)8(2)12/h8,10,17H,3-7H2,1-2H3,(H,15,16)/t8-,10-/m1/s1. The fourth-order valence-corrected chi connectivity index (χ4v) is 1.48. The van der Waals surface area contributed by atoms with Gasteiger partial charge in [-0.2, -0.15) is 0 Å². The third-order valence-electron chi connectivity index (χ3n) is 2.45. The molecule has 3 nitrogen and oxygen atoms in total. The van der Waals surface area contributed by atoms with Crippen molar-refractivity contribution in [2.24, 2.45) is 0 Å². The first-order valence-electron chi connectivity index (χ1n) is 5.81. The molecule has 2 atom stereocenters. The molecule has 0 aromatic heterocycles. The van der Waals surface area contributed by atoms with Crippen LogP contribution in [0.3, 0.4) is 0 Å². The van der Waals surface area contributed by atoms with Crippen molar-refractivity contribution in [3.8, 4) is 0 Å². The number of hydrogen-bond donors (Lipinski definition) is 2. The Kier molecular flexibility index (Phi) is 8.56. The molecule has 17 heavy (non-hydrogen) atoms. The minimum atomic E-state index is -1.58. The quantitative estimate of drug-likeness (QED) is 0.411. The lowest BCUT2D eigenvalue weighted by atomic mass is 10.1. The van der Waals surface area contributed by atoms with Crippen LogP contribution >= 0.6 is 34.8 Å². The number of aliphatic hydroxyl groups excluding tert-OH is 1. The zero-order valence-electron chi connectivity index (χ0n) is 10.2. The van der Waals surface area contributed by atoms with Gasteiger partial charge in [0.2, 0.25) is 5.91 Å². The van der Waals surface area contributed by atoms with E-state index in [1.54, 1.807) is 6.92 Å². The van der Waals surface area contributed by atoms with Crippen LogP contribution < -0.4 is 5.32 Å². The van der Waals surface area contributed by atoms with Crippen LogP contribution in [0.5, 0.6) is 0 Å². The van der Waals surface area contributed by atoms with Crippen molar-refractivity contribution in [2.75, 3.05) is 0 Å². The van der Waals surface area contributed by atoms with Crippen molar-refractivity contribution in [3.05, 3.63) is 0 Å². The number of carbonyl (C=O) groups is 1. The fourth-order valence-electron chi connectivity index (χ4n) is 1.25. The molecule has 0 radical (unpaired) electrons. The fraction of sp³-hybridized carbons (Fsp3) is 0.909. The summed E-state index contributed by atoms with van der Waals surface area (Å²) in [6.07, 6.45) is 3.00. The molecular weight excluding hydrogens is 284 g/mol. The van der Waals surface area contributed by atoms with Crippen LogP contribution in [0.4, 0.5) is 0 Å². The molecule has 0 aromatic carbocycles. The molecule has 0 saturated heterocycles. The van der Waals surface area contributed by atoms with Gasteiger partial charge in [-0.3, -0.25) is 4.79 Å². The van der Waals surface area contributed by atoms with Crippen molar-refractivity contribution in [3.63, 3.8) is 0 Å². The van der Waals surface area contributed by atoms with Gasteiger partial charge >= 0.3 is 0 Å². The second-order valence-electron chi connectivity index (χ2n) is 4.07. The van der Waals surface area contributed by atoms with E-state index in [0.717, 1.165) is 25.7 Å². The Hall–Kier alpha value is 0.300. The van der Waals surface area contributed by atoms with E-state index in [2.05, 4.69) is 12.2 Å². The van der Waals surface area contributed by atoms with E-state index >= 15 is 0 Å². The van der Waals surface area contributed by atoms with E-state index < -0.39 is 15.9 Å². The topological polar surface area (TPSA) is 49.3 Å². The minimum absolute atomic E-state index is 0.267. The van der Waals surface area contributed by atoms with Crippen molar-refractivity contribution in [2.45, 2.75) is 61.9 Å². The van der Waals surface area contributed by atoms with Crippen molar-refractivity contribution >= 4 is 40.7 Å². The molecular formula is C11H20Cl3NO2. The van der Waals surface area contributed by atoms with Crippen LogP contribution in [0.15, 0.2) is 0 Å². The van der Waals surface area contributed by atoms with Crippen LogP contribution in [0.2, 0.25) is 0 Å². The monoisotopic (exact) mass is 303 g/mol. The number of rotatable bonds is 8. The highest BCUT2D eigenvalue weighted by Crippen LogP contribution is 2.31. The Labute approximate surface area is 118 Å². The van der Waals surface area contributed by atoms with Gasteiger partial charge in [0.05, 0.1) is 5.38 Å². The number of hydrogen-bond acceptors (Lipinski definition) is 2. The number of amides is 1. The number of alkyl halides is 3. The van der Waals surface area contributed by atoms with Gasteiger partial charge in [0.25, 0.3) is 0 Å². The highest BCUT2D eigenvalue weighted by molar-refractivity contribution is 6.52. The summed E-state index contributed by atoms with van der Waals surface area (Å²) in [4.78, 5) is 11.5. The lowest BCUT2D eigenvalue weighted by Gasteiger charge is -2.28. The Morgan fingerprint density at radius 1 is 1.35 bits per heavy atom. The van der Waals surface area contributed by atoms with E-state index in [0.29, 0.717) is 6.42 Å². The van der Waals surface area contributed by atoms with E-state index in [4.69, 9.17) is 34.8 Å². The van der Waals surface area contributed by atoms with Crippen molar-refractivity contribution in [1.29, 1.82) is 0 Å². The number of unbranched alkanes of at least 4 members (excludes halogenated alkanes) is 3. The molecule has 0 spiro atoms. The number of halogens is 3. The first kappa shape index (κ1) is 17.3. The SMILES string of the molecule is CCCCCCC(=O)N[C@H](O)C(Cl)(Cl)[C@@H](C)Cl. The van der Waals surface area contributed by atoms with Gasteiger partial charge in [-0.15, -0.1) is 11.6 Å². The van der Waals surface area contributed by atoms with Gasteiger partial charge in [0, 0.05) is 6.42 Å². The average molecular weight is 305 g/mol. The summed E-state index contributed by atoms with van der Waals surface area (Å²) in [5.74, 6) is -0.267. The number of carbonyl (C=O) groups excluding carboxylic acids is 1. The molecule has 0 heterocycles. The summed E-state index contributed by atoms with van der Waals surface area (Å²) >= 11 is 17.4. The third-order valence-corrected chi connectivity index (χ3v) is 4.09. The molecule has 102 valence electrons. The van der Waals surface area contributed by atoms with Gasteiger partial charge in [-0.1, -0.05) is 49.4 Å². The predicted octanol–water partition coefficient (Wildman–Crippen LogP) is 3.19. The second-order valence-corrected chi connectivity index (χ2v) is 6.17. The number of nitrogens with one attached hydrogen (secondary N) is 1. The van der Waals surface area contributed by atoms with E-state index in [1.165, 1.54) is 0 Å². The summed E-state index contributed by atoms with van der Waals surface area (Å²) in [5, 5.41) is 11.3. The summed E-state index contributed by atoms with van der Waals surface area (Å²) < 4.78 is -1.58. The smallest absolute Gasteiger partial charge is 0.222 e. The van der Waals surface area contributed by atoms with Gasteiger partial charge in [0.1, 0.15) is 0 Å². The molecule has 0 aliphatic rings. The third kappa shape index (κ3) is 6.70. The molecule has 2 N–H and O–H groups in total. The lowest BCUT2D eigenvalue weighted by Crippen LogP contribution is -2.50. The van der Waals surface area contributed by atoms with Crippen LogP contribution in [0, 0.1) is 0 Å². The van der Waals surface area contributed by atoms with E-state index in [1.807, 2.05) is 0 Å². The Morgan fingerprint density at radius 2 is 1.94 bits per heavy atom. The minimum Gasteiger partial charge on any atom is -0.370 e. The molecule has 0 saturated carbocycles. The van der Waals surface area contributed by atoms with Gasteiger partial charge in [-0.25, -0.2) is 0 Å². The summed E-state index contributed by atoms with van der Waals surface area (Å²) in [6.45, 7) is 3.65. The van der Waals surface area contributed by atoms with E-state index in [-0.39, 0.29) is 5.91 Å². The normalized spacial score (nSPS) is 15.4. The molecule has 6 heteroatoms. The molecule has 0 bridgehead atoms. The molecule has 0 fully saturated rings. The summed E-state index contributed by atoms with van der Waals surface area (Å²) in [5.41, 5.74) is 0. The maximum atomic E-state index is 11.5. The molecule has 0 unspecified atom stereocenters. The van der Waals surface area contributed by atoms with Gasteiger partial charge in [0.15, 0.2) is 10.6 Å². The van der Waals surface area contributed by atoms with Gasteiger partial charge in [-0.05, 0) is 13.3 Å². The van der Waals surface area contributed by atoms with E-state index in [9.17, 15) is 9.90 Å². The average Bonchev–Trinajstić information content (AvgIpc) is 2.24. The second kappa shape index (κ2) is 8.41. The summed E-state index contributed by atoms with van der Waals surface area (Å²) in [6, 6.07) is 0. The van der Waals surface area contributed by atoms with Crippen LogP contribution in [0.1, 0.15) is 46.0 Å². The predicted molar refractivity (Wildman–Crippen MR) is 72.7 cm³/mol. The molecule has 1 amide bonds. The highest BCUT2D eigenvalue weighted by Gasteiger charge is 2.39. The molecule has 0 aliphatic heterocycles. The van der Waals surface area contributed by atoms with Gasteiger partial charge < -0.3 is 10.4 Å². The summed E-state index contributed by atoms with van der Waals surface area (Å²) in [7, 11) is 0. The number of aliphatic hydroxyl groups is 1. The Morgan fingerprint density at radius 3 is 2.41 bits per heavy atom. The Bertz CT molecular complexity index is 235. The van der Waals surface area contributed by atoms with Crippen molar-refractivity contribution in [1.82, 2.24) is 5.32 Å². The highest BCUT2D eigenvalue weighted by atomic mass is 35.5. The molecule has 0 aliphatic carbocycles. The lowest BCUT2D eigenvalue weighted by molar-refractivity contribution is -0.124. The first-order chi connectivity index (χ1) is 7.82. The maximum Gasteiger partial charge on any atom is 0.222 e. The molecule has 0 aromatic rings. The maximum absolute atomic E-state index is 11.5. The molecule has 0 rings (SSSR count). The Balaban J connectivity index is 3.95. The van der Waals surface area contributed by atoms with Crippen LogP contribution in [0.25, 0.3) is 0 Å².